The van der Waals surface area contributed by atoms with Gasteiger partial charge in [0.1, 0.15) is 5.82 Å². The number of nitrogens with zero attached hydrogens (tertiary/aromatic N) is 1. The molecule has 3 rings (SSSR count). The van der Waals surface area contributed by atoms with Gasteiger partial charge in [-0.15, -0.1) is 0 Å². The Bertz CT molecular complexity index is 1120. The third-order valence-corrected chi connectivity index (χ3v) is 6.00. The molecule has 0 unspecified atom stereocenters. The Morgan fingerprint density at radius 1 is 0.935 bits per heavy atom. The van der Waals surface area contributed by atoms with Crippen LogP contribution in [0.25, 0.3) is 0 Å². The van der Waals surface area contributed by atoms with Crippen LogP contribution < -0.4 is 10.0 Å². The maximum Gasteiger partial charge on any atom is 0.261 e. The highest BCUT2D eigenvalue weighted by Gasteiger charge is 2.17. The average Bonchev–Trinajstić information content (AvgIpc) is 2.76. The van der Waals surface area contributed by atoms with Crippen molar-refractivity contribution in [3.63, 3.8) is 0 Å². The van der Waals surface area contributed by atoms with E-state index in [1.165, 1.54) is 54.1 Å². The van der Waals surface area contributed by atoms with E-state index in [-0.39, 0.29) is 16.5 Å². The molecule has 0 saturated heterocycles. The van der Waals surface area contributed by atoms with E-state index in [9.17, 15) is 17.6 Å². The minimum absolute atomic E-state index is 0.0603. The maximum atomic E-state index is 13.7. The summed E-state index contributed by atoms with van der Waals surface area (Å²) < 4.78 is 40.8. The monoisotopic (exact) mass is 441 g/mol. The molecule has 8 heteroatoms. The fourth-order valence-corrected chi connectivity index (χ4v) is 4.04. The Morgan fingerprint density at radius 2 is 1.58 bits per heavy atom. The van der Waals surface area contributed by atoms with Crippen LogP contribution in [0.5, 0.6) is 0 Å². The lowest BCUT2D eigenvalue weighted by molar-refractivity contribution is 0.0949. The summed E-state index contributed by atoms with van der Waals surface area (Å²) in [6, 6.07) is 21.0. The summed E-state index contributed by atoms with van der Waals surface area (Å²) in [4.78, 5) is 14.4. The minimum atomic E-state index is -3.96. The van der Waals surface area contributed by atoms with Crippen LogP contribution in [0.1, 0.15) is 15.9 Å². The van der Waals surface area contributed by atoms with Gasteiger partial charge in [0.05, 0.1) is 10.6 Å². The number of benzene rings is 3. The second-order valence-electron chi connectivity index (χ2n) is 7.09. The number of carbonyl (C=O) groups is 1. The molecule has 0 radical (unpaired) electrons. The fraction of sp³-hybridized carbons (Fsp3) is 0.174. The Morgan fingerprint density at radius 3 is 2.26 bits per heavy atom. The molecular formula is C23H24FN3O3S. The average molecular weight is 442 g/mol. The number of nitrogens with one attached hydrogen (secondary N) is 2. The van der Waals surface area contributed by atoms with Crippen LogP contribution in [-0.4, -0.2) is 39.4 Å². The Kier molecular flexibility index (Phi) is 7.38. The van der Waals surface area contributed by atoms with Crippen LogP contribution in [0.15, 0.2) is 83.8 Å². The minimum Gasteiger partial charge on any atom is -0.351 e. The standard InChI is InChI=1S/C23H24FN3O3S/c1-27(17-18-7-3-2-4-8-18)16-15-25-23(28)19-11-13-20(14-12-19)31(29,30)26-22-10-6-5-9-21(22)24/h2-14,26H,15-17H2,1H3,(H,25,28). The number of hydrogen-bond acceptors (Lipinski definition) is 4. The van der Waals surface area contributed by atoms with E-state index < -0.39 is 15.8 Å². The van der Waals surface area contributed by atoms with Crippen molar-refractivity contribution >= 4 is 21.6 Å². The van der Waals surface area contributed by atoms with Crippen LogP contribution in [-0.2, 0) is 16.6 Å². The number of anilines is 1. The van der Waals surface area contributed by atoms with Crippen molar-refractivity contribution in [1.29, 1.82) is 0 Å². The highest BCUT2D eigenvalue weighted by molar-refractivity contribution is 7.92. The highest BCUT2D eigenvalue weighted by atomic mass is 32.2. The molecule has 0 aliphatic rings. The van der Waals surface area contributed by atoms with Crippen LogP contribution in [0.4, 0.5) is 10.1 Å². The maximum absolute atomic E-state index is 13.7. The van der Waals surface area contributed by atoms with Gasteiger partial charge >= 0.3 is 0 Å². The summed E-state index contributed by atoms with van der Waals surface area (Å²) in [6.45, 7) is 1.90. The van der Waals surface area contributed by atoms with Gasteiger partial charge in [0.2, 0.25) is 0 Å². The number of likely N-dealkylation sites (N-methyl/N-ethyl adjacent to an activating group) is 1. The van der Waals surface area contributed by atoms with Crippen molar-refractivity contribution in [2.45, 2.75) is 11.4 Å². The Labute approximate surface area is 181 Å². The van der Waals surface area contributed by atoms with Crippen molar-refractivity contribution in [2.24, 2.45) is 0 Å². The lowest BCUT2D eigenvalue weighted by Crippen LogP contribution is -2.32. The molecule has 0 aliphatic carbocycles. The molecule has 0 aliphatic heterocycles. The third kappa shape index (κ3) is 6.37. The molecule has 6 nitrogen and oxygen atoms in total. The molecule has 3 aromatic rings. The normalized spacial score (nSPS) is 11.3. The number of amides is 1. The van der Waals surface area contributed by atoms with Crippen molar-refractivity contribution in [2.75, 3.05) is 24.9 Å². The zero-order valence-corrected chi connectivity index (χ0v) is 17.9. The zero-order valence-electron chi connectivity index (χ0n) is 17.1. The highest BCUT2D eigenvalue weighted by Crippen LogP contribution is 2.19. The number of hydrogen-bond donors (Lipinski definition) is 2. The lowest BCUT2D eigenvalue weighted by Gasteiger charge is -2.17. The van der Waals surface area contributed by atoms with Gasteiger partial charge in [0.15, 0.2) is 0 Å². The summed E-state index contributed by atoms with van der Waals surface area (Å²) in [5.74, 6) is -0.960. The van der Waals surface area contributed by atoms with E-state index in [1.54, 1.807) is 0 Å². The fourth-order valence-electron chi connectivity index (χ4n) is 2.97. The van der Waals surface area contributed by atoms with E-state index in [0.29, 0.717) is 18.7 Å². The first kappa shape index (κ1) is 22.5. The molecule has 0 spiro atoms. The Balaban J connectivity index is 1.53. The smallest absolute Gasteiger partial charge is 0.261 e. The van der Waals surface area contributed by atoms with Crippen LogP contribution >= 0.6 is 0 Å². The first-order valence-electron chi connectivity index (χ1n) is 9.73. The second-order valence-corrected chi connectivity index (χ2v) is 8.77. The quantitative estimate of drug-likeness (QED) is 0.533. The van der Waals surface area contributed by atoms with Crippen molar-refractivity contribution < 1.29 is 17.6 Å². The van der Waals surface area contributed by atoms with Crippen molar-refractivity contribution in [3.8, 4) is 0 Å². The summed E-state index contributed by atoms with van der Waals surface area (Å²) in [6.07, 6.45) is 0. The zero-order chi connectivity index (χ0) is 22.3. The summed E-state index contributed by atoms with van der Waals surface area (Å²) in [5.41, 5.74) is 1.40. The molecule has 0 saturated carbocycles. The first-order chi connectivity index (χ1) is 14.8. The number of sulfonamides is 1. The number of para-hydroxylation sites is 1. The number of halogens is 1. The largest absolute Gasteiger partial charge is 0.351 e. The van der Waals surface area contributed by atoms with Gasteiger partial charge < -0.3 is 10.2 Å². The van der Waals surface area contributed by atoms with Crippen LogP contribution in [0.3, 0.4) is 0 Å². The number of carbonyl (C=O) groups excluding carboxylic acids is 1. The SMILES string of the molecule is CN(CCNC(=O)c1ccc(S(=O)(=O)Nc2ccccc2F)cc1)Cc1ccccc1. The van der Waals surface area contributed by atoms with Crippen LogP contribution in [0, 0.1) is 5.82 Å². The van der Waals surface area contributed by atoms with Gasteiger partial charge in [-0.05, 0) is 49.0 Å². The van der Waals surface area contributed by atoms with Gasteiger partial charge in [0, 0.05) is 25.2 Å². The van der Waals surface area contributed by atoms with Crippen LogP contribution in [0.2, 0.25) is 0 Å². The molecular weight excluding hydrogens is 417 g/mol. The van der Waals surface area contributed by atoms with Crippen molar-refractivity contribution in [3.05, 3.63) is 95.8 Å². The summed E-state index contributed by atoms with van der Waals surface area (Å²) >= 11 is 0. The molecule has 1 amide bonds. The molecule has 0 heterocycles. The van der Waals surface area contributed by atoms with E-state index in [1.807, 2.05) is 37.4 Å². The van der Waals surface area contributed by atoms with Gasteiger partial charge in [0.25, 0.3) is 15.9 Å². The molecule has 162 valence electrons. The van der Waals surface area contributed by atoms with Gasteiger partial charge in [-0.3, -0.25) is 9.52 Å². The van der Waals surface area contributed by atoms with E-state index in [4.69, 9.17) is 0 Å². The van der Waals surface area contributed by atoms with Crippen molar-refractivity contribution in [1.82, 2.24) is 10.2 Å². The van der Waals surface area contributed by atoms with E-state index in [0.717, 1.165) is 6.54 Å². The first-order valence-corrected chi connectivity index (χ1v) is 11.2. The molecule has 3 aromatic carbocycles. The summed E-state index contributed by atoms with van der Waals surface area (Å²) in [7, 11) is -1.99. The Hall–Kier alpha value is -3.23. The molecule has 0 bridgehead atoms. The lowest BCUT2D eigenvalue weighted by atomic mass is 10.2. The molecule has 31 heavy (non-hydrogen) atoms. The molecule has 0 aromatic heterocycles. The molecule has 0 fully saturated rings. The van der Waals surface area contributed by atoms with Gasteiger partial charge in [-0.25, -0.2) is 12.8 Å². The van der Waals surface area contributed by atoms with Gasteiger partial charge in [-0.1, -0.05) is 42.5 Å². The van der Waals surface area contributed by atoms with Gasteiger partial charge in [-0.2, -0.15) is 0 Å². The predicted octanol–water partition coefficient (Wildman–Crippen LogP) is 3.49. The summed E-state index contributed by atoms with van der Waals surface area (Å²) in [5, 5.41) is 2.83. The topological polar surface area (TPSA) is 78.5 Å². The van der Waals surface area contributed by atoms with E-state index >= 15 is 0 Å². The third-order valence-electron chi connectivity index (χ3n) is 4.62. The number of rotatable bonds is 9. The molecule has 0 atom stereocenters. The second kappa shape index (κ2) is 10.2. The predicted molar refractivity (Wildman–Crippen MR) is 119 cm³/mol. The molecule has 2 N–H and O–H groups in total. The van der Waals surface area contributed by atoms with E-state index in [2.05, 4.69) is 14.9 Å².